The predicted octanol–water partition coefficient (Wildman–Crippen LogP) is 1.89. The summed E-state index contributed by atoms with van der Waals surface area (Å²) in [5.41, 5.74) is 2.09. The molecule has 0 aromatic heterocycles. The van der Waals surface area contributed by atoms with Crippen LogP contribution in [0.3, 0.4) is 0 Å². The Hall–Kier alpha value is -1.31. The molecule has 61 valence electrons. The molecule has 2 rings (SSSR count). The Morgan fingerprint density at radius 2 is 1.92 bits per heavy atom. The van der Waals surface area contributed by atoms with E-state index in [1.54, 1.807) is 12.1 Å². The van der Waals surface area contributed by atoms with Gasteiger partial charge in [0.25, 0.3) is 0 Å². The summed E-state index contributed by atoms with van der Waals surface area (Å²) in [4.78, 5) is 11.0. The van der Waals surface area contributed by atoms with Crippen molar-refractivity contribution in [1.82, 2.24) is 0 Å². The number of benzene rings is 1. The van der Waals surface area contributed by atoms with Gasteiger partial charge in [0, 0.05) is 12.8 Å². The van der Waals surface area contributed by atoms with E-state index in [9.17, 15) is 9.90 Å². The minimum absolute atomic E-state index is 0.00319. The van der Waals surface area contributed by atoms with Gasteiger partial charge in [0.2, 0.25) is 0 Å². The van der Waals surface area contributed by atoms with E-state index in [1.165, 1.54) is 0 Å². The van der Waals surface area contributed by atoms with E-state index in [0.29, 0.717) is 12.8 Å². The number of aryl methyl sites for hydroxylation is 1. The van der Waals surface area contributed by atoms with Gasteiger partial charge in [0.15, 0.2) is 5.75 Å². The molecule has 0 bridgehead atoms. The number of ketones is 1. The first-order valence-electron chi connectivity index (χ1n) is 4.06. The minimum Gasteiger partial charge on any atom is -0.299 e. The molecule has 0 atom stereocenters. The van der Waals surface area contributed by atoms with Crippen molar-refractivity contribution < 1.29 is 9.90 Å². The second-order valence-corrected chi connectivity index (χ2v) is 3.15. The normalized spacial score (nSPS) is 15.8. The Morgan fingerprint density at radius 3 is 2.75 bits per heavy atom. The van der Waals surface area contributed by atoms with Gasteiger partial charge in [0.05, 0.1) is 0 Å². The molecule has 0 spiro atoms. The van der Waals surface area contributed by atoms with Crippen LogP contribution in [0.2, 0.25) is 0 Å². The molecule has 0 N–H and O–H groups in total. The third-order valence-electron chi connectivity index (χ3n) is 2.24. The number of rotatable bonds is 0. The fourth-order valence-corrected chi connectivity index (χ4v) is 1.59. The van der Waals surface area contributed by atoms with E-state index < -0.39 is 0 Å². The van der Waals surface area contributed by atoms with Gasteiger partial charge in [-0.05, 0) is 29.7 Å². The quantitative estimate of drug-likeness (QED) is 0.572. The number of hydrogen-bond donors (Lipinski definition) is 0. The standard InChI is InChI=1S/C10H9O2/c11-9-3-1-7-2-4-10(12)6-8(7)5-9/h1,3,5H,2,4,6H2. The molecule has 12 heavy (non-hydrogen) atoms. The Kier molecular flexibility index (Phi) is 1.61. The molecule has 0 amide bonds. The van der Waals surface area contributed by atoms with E-state index >= 15 is 0 Å². The van der Waals surface area contributed by atoms with Gasteiger partial charge in [-0.25, -0.2) is 0 Å². The molecule has 1 aromatic carbocycles. The highest BCUT2D eigenvalue weighted by atomic mass is 16.3. The molecule has 1 radical (unpaired) electrons. The number of carbonyl (C=O) groups is 1. The summed E-state index contributed by atoms with van der Waals surface area (Å²) in [7, 11) is 0. The van der Waals surface area contributed by atoms with E-state index in [-0.39, 0.29) is 11.5 Å². The second kappa shape index (κ2) is 2.63. The van der Waals surface area contributed by atoms with Crippen LogP contribution < -0.4 is 0 Å². The summed E-state index contributed by atoms with van der Waals surface area (Å²) in [6, 6.07) is 4.98. The van der Waals surface area contributed by atoms with Crippen molar-refractivity contribution in [3.63, 3.8) is 0 Å². The molecular formula is C10H9O2. The molecule has 1 aliphatic rings. The Labute approximate surface area is 70.8 Å². The van der Waals surface area contributed by atoms with Crippen LogP contribution in [0.15, 0.2) is 18.2 Å². The SMILES string of the molecule is [O]c1ccc2c(c1)CC(=O)CC2. The third-order valence-corrected chi connectivity index (χ3v) is 2.24. The molecule has 2 heteroatoms. The summed E-state index contributed by atoms with van der Waals surface area (Å²) in [6.45, 7) is 0. The van der Waals surface area contributed by atoms with Crippen molar-refractivity contribution in [3.8, 4) is 5.75 Å². The number of Topliss-reactive ketones (excluding diaryl/α,β-unsaturated/α-hetero) is 1. The van der Waals surface area contributed by atoms with Crippen LogP contribution in [0.5, 0.6) is 5.75 Å². The molecular weight excluding hydrogens is 152 g/mol. The fraction of sp³-hybridized carbons (Fsp3) is 0.300. The van der Waals surface area contributed by atoms with Crippen LogP contribution >= 0.6 is 0 Å². The monoisotopic (exact) mass is 161 g/mol. The van der Waals surface area contributed by atoms with Crippen LogP contribution in [-0.2, 0) is 22.7 Å². The molecule has 1 aliphatic carbocycles. The molecule has 0 unspecified atom stereocenters. The lowest BCUT2D eigenvalue weighted by molar-refractivity contribution is -0.118. The molecule has 0 heterocycles. The highest BCUT2D eigenvalue weighted by molar-refractivity contribution is 5.83. The van der Waals surface area contributed by atoms with Gasteiger partial charge < -0.3 is 0 Å². The lowest BCUT2D eigenvalue weighted by Gasteiger charge is -2.13. The first kappa shape index (κ1) is 7.35. The van der Waals surface area contributed by atoms with Gasteiger partial charge in [0.1, 0.15) is 5.78 Å². The minimum atomic E-state index is 0.00319. The summed E-state index contributed by atoms with van der Waals surface area (Å²) in [5, 5.41) is 10.9. The number of fused-ring (bicyclic) bond motifs is 1. The lowest BCUT2D eigenvalue weighted by Crippen LogP contribution is -2.12. The van der Waals surface area contributed by atoms with Crippen LogP contribution in [0.1, 0.15) is 17.5 Å². The zero-order valence-corrected chi connectivity index (χ0v) is 6.67. The largest absolute Gasteiger partial charge is 0.299 e. The first-order valence-corrected chi connectivity index (χ1v) is 4.06. The second-order valence-electron chi connectivity index (χ2n) is 3.15. The van der Waals surface area contributed by atoms with Crippen molar-refractivity contribution in [2.45, 2.75) is 19.3 Å². The smallest absolute Gasteiger partial charge is 0.178 e. The average molecular weight is 161 g/mol. The van der Waals surface area contributed by atoms with Gasteiger partial charge in [-0.15, -0.1) is 0 Å². The maximum atomic E-state index is 11.0. The fourth-order valence-electron chi connectivity index (χ4n) is 1.59. The van der Waals surface area contributed by atoms with E-state index in [2.05, 4.69) is 0 Å². The average Bonchev–Trinajstić information content (AvgIpc) is 2.03. The summed E-state index contributed by atoms with van der Waals surface area (Å²) in [5.74, 6) is 0.247. The topological polar surface area (TPSA) is 37.0 Å². The van der Waals surface area contributed by atoms with Crippen LogP contribution in [0.25, 0.3) is 0 Å². The van der Waals surface area contributed by atoms with Crippen molar-refractivity contribution in [2.24, 2.45) is 0 Å². The predicted molar refractivity (Wildman–Crippen MR) is 43.6 cm³/mol. The van der Waals surface area contributed by atoms with Gasteiger partial charge >= 0.3 is 0 Å². The van der Waals surface area contributed by atoms with Crippen molar-refractivity contribution >= 4 is 5.78 Å². The molecule has 1 aromatic rings. The Morgan fingerprint density at radius 1 is 1.08 bits per heavy atom. The highest BCUT2D eigenvalue weighted by Crippen LogP contribution is 2.23. The third kappa shape index (κ3) is 1.20. The van der Waals surface area contributed by atoms with Crippen molar-refractivity contribution in [1.29, 1.82) is 0 Å². The Balaban J connectivity index is 2.44. The maximum absolute atomic E-state index is 11.0. The van der Waals surface area contributed by atoms with E-state index in [0.717, 1.165) is 17.5 Å². The summed E-state index contributed by atoms with van der Waals surface area (Å²) in [6.07, 6.45) is 1.88. The van der Waals surface area contributed by atoms with Crippen LogP contribution in [-0.4, -0.2) is 5.78 Å². The molecule has 0 saturated heterocycles. The number of hydrogen-bond acceptors (Lipinski definition) is 1. The van der Waals surface area contributed by atoms with Crippen molar-refractivity contribution in [3.05, 3.63) is 29.3 Å². The van der Waals surface area contributed by atoms with E-state index in [1.807, 2.05) is 6.07 Å². The molecule has 0 aliphatic heterocycles. The van der Waals surface area contributed by atoms with Gasteiger partial charge in [-0.1, -0.05) is 6.07 Å². The highest BCUT2D eigenvalue weighted by Gasteiger charge is 2.15. The van der Waals surface area contributed by atoms with Crippen LogP contribution in [0.4, 0.5) is 0 Å². The zero-order valence-electron chi connectivity index (χ0n) is 6.67. The van der Waals surface area contributed by atoms with Gasteiger partial charge in [-0.2, -0.15) is 0 Å². The molecule has 0 saturated carbocycles. The molecule has 2 nitrogen and oxygen atoms in total. The maximum Gasteiger partial charge on any atom is 0.178 e. The summed E-state index contributed by atoms with van der Waals surface area (Å²) < 4.78 is 0. The Bertz CT molecular complexity index is 329. The van der Waals surface area contributed by atoms with Crippen LogP contribution in [0, 0.1) is 0 Å². The van der Waals surface area contributed by atoms with E-state index in [4.69, 9.17) is 0 Å². The van der Waals surface area contributed by atoms with Gasteiger partial charge in [-0.3, -0.25) is 9.90 Å². The van der Waals surface area contributed by atoms with Crippen molar-refractivity contribution in [2.75, 3.05) is 0 Å². The first-order chi connectivity index (χ1) is 5.75. The summed E-state index contributed by atoms with van der Waals surface area (Å²) >= 11 is 0. The lowest BCUT2D eigenvalue weighted by atomic mass is 9.91. The number of carbonyl (C=O) groups excluding carboxylic acids is 1. The zero-order chi connectivity index (χ0) is 8.55. The molecule has 0 fully saturated rings.